The molecule has 0 unspecified atom stereocenters. The summed E-state index contributed by atoms with van der Waals surface area (Å²) < 4.78 is 5.51. The molecule has 4 rings (SSSR count). The number of carbonyl (C=O) groups excluding carboxylic acids is 2. The first-order chi connectivity index (χ1) is 13.5. The van der Waals surface area contributed by atoms with Gasteiger partial charge in [0.15, 0.2) is 0 Å². The molecule has 3 aliphatic rings. The van der Waals surface area contributed by atoms with Crippen LogP contribution in [0.15, 0.2) is 24.3 Å². The molecule has 3 fully saturated rings. The van der Waals surface area contributed by atoms with E-state index in [1.165, 1.54) is 25.7 Å². The van der Waals surface area contributed by atoms with Crippen LogP contribution >= 0.6 is 0 Å². The number of nitrogens with one attached hydrogen (secondary N) is 1. The normalized spacial score (nSPS) is 21.4. The SMILES string of the molecule is CN(C)C(=O)C1(c2ccc(NC(=O)CC(C3CC3)C3CC3)cc2)CCOCC1. The van der Waals surface area contributed by atoms with Crippen LogP contribution in [0.2, 0.25) is 0 Å². The molecule has 0 atom stereocenters. The van der Waals surface area contributed by atoms with Crippen molar-refractivity contribution >= 4 is 17.5 Å². The molecule has 1 aliphatic heterocycles. The molecule has 28 heavy (non-hydrogen) atoms. The standard InChI is InChI=1S/C23H32N2O3/c1-25(2)22(27)23(11-13-28-14-12-23)18-7-9-19(10-8-18)24-21(26)15-20(16-3-4-16)17-5-6-17/h7-10,16-17,20H,3-6,11-15H2,1-2H3,(H,24,26). The average molecular weight is 385 g/mol. The van der Waals surface area contributed by atoms with Gasteiger partial charge in [-0.15, -0.1) is 0 Å². The summed E-state index contributed by atoms with van der Waals surface area (Å²) >= 11 is 0. The van der Waals surface area contributed by atoms with Crippen molar-refractivity contribution < 1.29 is 14.3 Å². The number of likely N-dealkylation sites (N-methyl/N-ethyl adjacent to an activating group) is 1. The minimum absolute atomic E-state index is 0.127. The Balaban J connectivity index is 1.43. The van der Waals surface area contributed by atoms with Crippen molar-refractivity contribution in [2.24, 2.45) is 17.8 Å². The Morgan fingerprint density at radius 1 is 1.07 bits per heavy atom. The maximum atomic E-state index is 12.9. The van der Waals surface area contributed by atoms with E-state index in [0.717, 1.165) is 23.1 Å². The smallest absolute Gasteiger partial charge is 0.232 e. The van der Waals surface area contributed by atoms with Gasteiger partial charge in [0, 0.05) is 39.4 Å². The van der Waals surface area contributed by atoms with Crippen LogP contribution in [-0.2, 0) is 19.7 Å². The first kappa shape index (κ1) is 19.4. The van der Waals surface area contributed by atoms with Gasteiger partial charge in [-0.25, -0.2) is 0 Å². The summed E-state index contributed by atoms with van der Waals surface area (Å²) in [6.45, 7) is 1.20. The van der Waals surface area contributed by atoms with Crippen molar-refractivity contribution in [1.29, 1.82) is 0 Å². The highest BCUT2D eigenvalue weighted by molar-refractivity contribution is 5.91. The third-order valence-electron chi connectivity index (χ3n) is 6.76. The average Bonchev–Trinajstić information content (AvgIpc) is 3.60. The van der Waals surface area contributed by atoms with Crippen LogP contribution in [0.5, 0.6) is 0 Å². The highest BCUT2D eigenvalue weighted by atomic mass is 16.5. The summed E-state index contributed by atoms with van der Waals surface area (Å²) in [5.74, 6) is 2.41. The summed E-state index contributed by atoms with van der Waals surface area (Å²) in [5.41, 5.74) is 1.31. The summed E-state index contributed by atoms with van der Waals surface area (Å²) in [6.07, 6.45) is 7.24. The fraction of sp³-hybridized carbons (Fsp3) is 0.652. The van der Waals surface area contributed by atoms with Crippen LogP contribution in [-0.4, -0.2) is 44.0 Å². The first-order valence-corrected chi connectivity index (χ1v) is 10.7. The van der Waals surface area contributed by atoms with Crippen LogP contribution in [0, 0.1) is 17.8 Å². The monoisotopic (exact) mass is 384 g/mol. The van der Waals surface area contributed by atoms with E-state index in [1.807, 2.05) is 38.4 Å². The molecule has 2 aliphatic carbocycles. The molecule has 2 amide bonds. The zero-order valence-electron chi connectivity index (χ0n) is 17.1. The molecule has 1 saturated heterocycles. The zero-order valence-corrected chi connectivity index (χ0v) is 17.1. The molecule has 1 aromatic rings. The van der Waals surface area contributed by atoms with Gasteiger partial charge in [-0.2, -0.15) is 0 Å². The molecule has 1 aromatic carbocycles. The number of anilines is 1. The lowest BCUT2D eigenvalue weighted by Crippen LogP contribution is -2.47. The molecular weight excluding hydrogens is 352 g/mol. The number of nitrogens with zero attached hydrogens (tertiary/aromatic N) is 1. The topological polar surface area (TPSA) is 58.6 Å². The lowest BCUT2D eigenvalue weighted by molar-refractivity contribution is -0.138. The molecule has 1 heterocycles. The van der Waals surface area contributed by atoms with Crippen LogP contribution < -0.4 is 5.32 Å². The second-order valence-corrected chi connectivity index (χ2v) is 9.06. The van der Waals surface area contributed by atoms with Gasteiger partial charge < -0.3 is 15.0 Å². The van der Waals surface area contributed by atoms with Gasteiger partial charge in [-0.1, -0.05) is 12.1 Å². The number of benzene rings is 1. The van der Waals surface area contributed by atoms with Gasteiger partial charge in [-0.3, -0.25) is 9.59 Å². The number of hydrogen-bond donors (Lipinski definition) is 1. The van der Waals surface area contributed by atoms with Gasteiger partial charge in [0.25, 0.3) is 0 Å². The second kappa shape index (κ2) is 7.86. The number of hydrogen-bond acceptors (Lipinski definition) is 3. The van der Waals surface area contributed by atoms with E-state index >= 15 is 0 Å². The van der Waals surface area contributed by atoms with Crippen molar-refractivity contribution in [2.75, 3.05) is 32.6 Å². The van der Waals surface area contributed by atoms with E-state index in [0.29, 0.717) is 38.4 Å². The number of amides is 2. The maximum absolute atomic E-state index is 12.9. The van der Waals surface area contributed by atoms with E-state index in [-0.39, 0.29) is 11.8 Å². The molecule has 0 bridgehead atoms. The largest absolute Gasteiger partial charge is 0.381 e. The minimum atomic E-state index is -0.521. The Morgan fingerprint density at radius 2 is 1.64 bits per heavy atom. The van der Waals surface area contributed by atoms with Crippen molar-refractivity contribution in [3.8, 4) is 0 Å². The molecular formula is C23H32N2O3. The number of rotatable bonds is 7. The molecule has 152 valence electrons. The van der Waals surface area contributed by atoms with Gasteiger partial charge in [-0.05, 0) is 74.0 Å². The molecule has 5 heteroatoms. The third kappa shape index (κ3) is 4.09. The van der Waals surface area contributed by atoms with Crippen molar-refractivity contribution in [3.63, 3.8) is 0 Å². The summed E-state index contributed by atoms with van der Waals surface area (Å²) in [4.78, 5) is 27.2. The van der Waals surface area contributed by atoms with E-state index in [9.17, 15) is 9.59 Å². The van der Waals surface area contributed by atoms with Gasteiger partial charge in [0.05, 0.1) is 5.41 Å². The van der Waals surface area contributed by atoms with Gasteiger partial charge in [0.1, 0.15) is 0 Å². The minimum Gasteiger partial charge on any atom is -0.381 e. The van der Waals surface area contributed by atoms with Crippen molar-refractivity contribution in [1.82, 2.24) is 4.90 Å². The summed E-state index contributed by atoms with van der Waals surface area (Å²) in [7, 11) is 3.62. The van der Waals surface area contributed by atoms with Crippen LogP contribution in [0.25, 0.3) is 0 Å². The fourth-order valence-corrected chi connectivity index (χ4v) is 4.84. The lowest BCUT2D eigenvalue weighted by atomic mass is 9.73. The third-order valence-corrected chi connectivity index (χ3v) is 6.76. The van der Waals surface area contributed by atoms with Crippen LogP contribution in [0.4, 0.5) is 5.69 Å². The van der Waals surface area contributed by atoms with Gasteiger partial charge >= 0.3 is 0 Å². The number of carbonyl (C=O) groups is 2. The van der Waals surface area contributed by atoms with Crippen molar-refractivity contribution in [3.05, 3.63) is 29.8 Å². The zero-order chi connectivity index (χ0) is 19.7. The van der Waals surface area contributed by atoms with Crippen LogP contribution in [0.3, 0.4) is 0 Å². The van der Waals surface area contributed by atoms with Gasteiger partial charge in [0.2, 0.25) is 11.8 Å². The molecule has 0 spiro atoms. The molecule has 1 N–H and O–H groups in total. The highest BCUT2D eigenvalue weighted by Gasteiger charge is 2.43. The van der Waals surface area contributed by atoms with E-state index in [2.05, 4.69) is 5.32 Å². The quantitative estimate of drug-likeness (QED) is 0.782. The Kier molecular flexibility index (Phi) is 5.46. The van der Waals surface area contributed by atoms with E-state index in [1.54, 1.807) is 4.90 Å². The second-order valence-electron chi connectivity index (χ2n) is 9.06. The molecule has 2 saturated carbocycles. The Morgan fingerprint density at radius 3 is 2.14 bits per heavy atom. The first-order valence-electron chi connectivity index (χ1n) is 10.7. The van der Waals surface area contributed by atoms with Crippen LogP contribution in [0.1, 0.15) is 50.5 Å². The molecule has 5 nitrogen and oxygen atoms in total. The molecule has 0 radical (unpaired) electrons. The summed E-state index contributed by atoms with van der Waals surface area (Å²) in [6, 6.07) is 7.89. The van der Waals surface area contributed by atoms with Crippen molar-refractivity contribution in [2.45, 2.75) is 50.4 Å². The molecule has 0 aromatic heterocycles. The Hall–Kier alpha value is -1.88. The lowest BCUT2D eigenvalue weighted by Gasteiger charge is -2.38. The highest BCUT2D eigenvalue weighted by Crippen LogP contribution is 2.50. The maximum Gasteiger partial charge on any atom is 0.232 e. The van der Waals surface area contributed by atoms with E-state index < -0.39 is 5.41 Å². The number of ether oxygens (including phenoxy) is 1. The Labute approximate surface area is 167 Å². The fourth-order valence-electron chi connectivity index (χ4n) is 4.84. The van der Waals surface area contributed by atoms with E-state index in [4.69, 9.17) is 4.74 Å². The summed E-state index contributed by atoms with van der Waals surface area (Å²) in [5, 5.41) is 3.07. The predicted molar refractivity (Wildman–Crippen MR) is 109 cm³/mol. The Bertz CT molecular complexity index is 702. The predicted octanol–water partition coefficient (Wildman–Crippen LogP) is 3.59.